The van der Waals surface area contributed by atoms with E-state index in [2.05, 4.69) is 4.98 Å². The van der Waals surface area contributed by atoms with Gasteiger partial charge >= 0.3 is 0 Å². The summed E-state index contributed by atoms with van der Waals surface area (Å²) in [5.41, 5.74) is 1.27. The lowest BCUT2D eigenvalue weighted by Crippen LogP contribution is -3.14. The highest BCUT2D eigenvalue weighted by atomic mass is 16.5. The van der Waals surface area contributed by atoms with Crippen LogP contribution in [0.2, 0.25) is 0 Å². The molecule has 0 radical (unpaired) electrons. The summed E-state index contributed by atoms with van der Waals surface area (Å²) >= 11 is 0. The number of amides is 1. The molecule has 2 N–H and O–H groups in total. The summed E-state index contributed by atoms with van der Waals surface area (Å²) in [7, 11) is 0. The van der Waals surface area contributed by atoms with Gasteiger partial charge in [-0.1, -0.05) is 24.3 Å². The number of fused-ring (bicyclic) bond motifs is 1. The van der Waals surface area contributed by atoms with Crippen LogP contribution in [0.1, 0.15) is 22.2 Å². The van der Waals surface area contributed by atoms with Gasteiger partial charge in [-0.2, -0.15) is 0 Å². The van der Waals surface area contributed by atoms with Crippen LogP contribution in [0.15, 0.2) is 70.6 Å². The highest BCUT2D eigenvalue weighted by Crippen LogP contribution is 2.39. The average Bonchev–Trinajstić information content (AvgIpc) is 3.38. The summed E-state index contributed by atoms with van der Waals surface area (Å²) in [5, 5.41) is 11.6. The van der Waals surface area contributed by atoms with Crippen molar-refractivity contribution in [1.29, 1.82) is 0 Å². The number of para-hydroxylation sites is 1. The summed E-state index contributed by atoms with van der Waals surface area (Å²) in [6.45, 7) is 4.21. The molecule has 2 aromatic heterocycles. The van der Waals surface area contributed by atoms with Gasteiger partial charge in [0, 0.05) is 17.8 Å². The van der Waals surface area contributed by atoms with E-state index in [0.29, 0.717) is 37.4 Å². The fourth-order valence-electron chi connectivity index (χ4n) is 4.42. The van der Waals surface area contributed by atoms with Crippen molar-refractivity contribution >= 4 is 22.7 Å². The maximum Gasteiger partial charge on any atom is 0.290 e. The van der Waals surface area contributed by atoms with Gasteiger partial charge in [-0.25, -0.2) is 0 Å². The van der Waals surface area contributed by atoms with E-state index < -0.39 is 23.5 Å². The molecule has 2 aliphatic heterocycles. The molecule has 0 aliphatic carbocycles. The van der Waals surface area contributed by atoms with E-state index in [4.69, 9.17) is 9.15 Å². The van der Waals surface area contributed by atoms with E-state index in [1.165, 1.54) is 4.90 Å². The molecule has 1 amide bonds. The molecule has 8 heteroatoms. The van der Waals surface area contributed by atoms with E-state index in [-0.39, 0.29) is 11.3 Å². The number of rotatable bonds is 6. The normalized spacial score (nSPS) is 19.8. The maximum absolute atomic E-state index is 13.5. The van der Waals surface area contributed by atoms with E-state index >= 15 is 0 Å². The third-order valence-electron chi connectivity index (χ3n) is 6.10. The van der Waals surface area contributed by atoms with E-state index in [9.17, 15) is 14.7 Å². The first-order valence-corrected chi connectivity index (χ1v) is 10.7. The Morgan fingerprint density at radius 1 is 1.19 bits per heavy atom. The Hall–Kier alpha value is -3.49. The Morgan fingerprint density at radius 2 is 2.00 bits per heavy atom. The molecule has 2 aliphatic rings. The van der Waals surface area contributed by atoms with Crippen LogP contribution < -0.4 is 4.90 Å². The Morgan fingerprint density at radius 3 is 2.75 bits per heavy atom. The van der Waals surface area contributed by atoms with E-state index in [1.54, 1.807) is 35.5 Å². The summed E-state index contributed by atoms with van der Waals surface area (Å²) < 4.78 is 11.2. The van der Waals surface area contributed by atoms with Crippen molar-refractivity contribution in [3.63, 3.8) is 0 Å². The molecule has 0 unspecified atom stereocenters. The Balaban J connectivity index is 1.49. The van der Waals surface area contributed by atoms with Gasteiger partial charge in [0.2, 0.25) is 5.78 Å². The van der Waals surface area contributed by atoms with Crippen molar-refractivity contribution in [2.75, 3.05) is 39.4 Å². The number of benzene rings is 1. The number of nitrogens with one attached hydrogen (secondary N) is 1. The van der Waals surface area contributed by atoms with Crippen LogP contribution in [0.5, 0.6) is 0 Å². The summed E-state index contributed by atoms with van der Waals surface area (Å²) in [4.78, 5) is 33.6. The number of carbonyl (C=O) groups excluding carboxylic acids is 2. The zero-order chi connectivity index (χ0) is 22.1. The fraction of sp³-hybridized carbons (Fsp3) is 0.292. The second kappa shape index (κ2) is 8.57. The first kappa shape index (κ1) is 20.4. The summed E-state index contributed by atoms with van der Waals surface area (Å²) in [5.74, 6) is -1.48. The standard InChI is InChI=1S/C24H23N3O5/c28-22(19-14-16-4-1-2-6-18(16)32-19)20-21(17-5-3-7-25-15-17)27(24(30)23(20)29)9-8-26-10-12-31-13-11-26/h1-7,14-15,21,29H,8-13H2/p+1/t21-/m0/s1. The number of Topliss-reactive ketones (excluding diaryl/α,β-unsaturated/α-hetero) is 1. The first-order chi connectivity index (χ1) is 15.6. The van der Waals surface area contributed by atoms with Crippen LogP contribution in [-0.4, -0.2) is 66.1 Å². The molecular formula is C24H24N3O5+. The molecule has 3 aromatic rings. The third-order valence-corrected chi connectivity index (χ3v) is 6.10. The molecule has 1 aromatic carbocycles. The molecule has 1 fully saturated rings. The monoisotopic (exact) mass is 434 g/mol. The molecule has 0 spiro atoms. The Bertz CT molecular complexity index is 1150. The van der Waals surface area contributed by atoms with Crippen molar-refractivity contribution in [1.82, 2.24) is 9.88 Å². The molecule has 4 heterocycles. The molecule has 32 heavy (non-hydrogen) atoms. The second-order valence-corrected chi connectivity index (χ2v) is 8.04. The van der Waals surface area contributed by atoms with Gasteiger partial charge in [0.05, 0.1) is 37.9 Å². The predicted molar refractivity (Wildman–Crippen MR) is 115 cm³/mol. The van der Waals surface area contributed by atoms with Gasteiger partial charge in [0.15, 0.2) is 11.5 Å². The predicted octanol–water partition coefficient (Wildman–Crippen LogP) is 1.32. The number of ether oxygens (including phenoxy) is 1. The number of furan rings is 1. The molecule has 1 saturated heterocycles. The number of aliphatic hydroxyl groups is 1. The number of morpholine rings is 1. The molecule has 8 nitrogen and oxygen atoms in total. The molecule has 0 saturated carbocycles. The SMILES string of the molecule is O=C(C1=C(O)C(=O)N(CC[NH+]2CCOCC2)[C@H]1c1cccnc1)c1cc2ccccc2o1. The van der Waals surface area contributed by atoms with Gasteiger partial charge in [-0.3, -0.25) is 14.6 Å². The quantitative estimate of drug-likeness (QED) is 0.568. The number of aromatic nitrogens is 1. The topological polar surface area (TPSA) is 97.3 Å². The number of carbonyl (C=O) groups is 2. The lowest BCUT2D eigenvalue weighted by atomic mass is 9.96. The molecule has 164 valence electrons. The van der Waals surface area contributed by atoms with Crippen molar-refractivity contribution in [3.8, 4) is 0 Å². The number of quaternary nitrogens is 1. The number of aliphatic hydroxyl groups excluding tert-OH is 1. The molecule has 0 bridgehead atoms. The molecule has 5 rings (SSSR count). The highest BCUT2D eigenvalue weighted by molar-refractivity contribution is 6.15. The van der Waals surface area contributed by atoms with Gasteiger partial charge in [0.1, 0.15) is 18.7 Å². The van der Waals surface area contributed by atoms with Gasteiger partial charge < -0.3 is 24.1 Å². The summed E-state index contributed by atoms with van der Waals surface area (Å²) in [6, 6.07) is 11.8. The minimum absolute atomic E-state index is 0.0269. The first-order valence-electron chi connectivity index (χ1n) is 10.7. The summed E-state index contributed by atoms with van der Waals surface area (Å²) in [6.07, 6.45) is 3.25. The lowest BCUT2D eigenvalue weighted by molar-refractivity contribution is -0.907. The van der Waals surface area contributed by atoms with Crippen LogP contribution in [0, 0.1) is 0 Å². The number of hydrogen-bond donors (Lipinski definition) is 2. The smallest absolute Gasteiger partial charge is 0.290 e. The van der Waals surface area contributed by atoms with Crippen LogP contribution in [0.25, 0.3) is 11.0 Å². The average molecular weight is 434 g/mol. The number of nitrogens with zero attached hydrogens (tertiary/aromatic N) is 2. The number of pyridine rings is 1. The van der Waals surface area contributed by atoms with Crippen LogP contribution in [0.4, 0.5) is 0 Å². The number of ketones is 1. The van der Waals surface area contributed by atoms with E-state index in [1.807, 2.05) is 24.3 Å². The zero-order valence-corrected chi connectivity index (χ0v) is 17.5. The minimum atomic E-state index is -0.725. The van der Waals surface area contributed by atoms with Crippen molar-refractivity contribution in [2.24, 2.45) is 0 Å². The third kappa shape index (κ3) is 3.68. The molecular weight excluding hydrogens is 410 g/mol. The Labute approximate surface area is 184 Å². The van der Waals surface area contributed by atoms with Gasteiger partial charge in [-0.15, -0.1) is 0 Å². The zero-order valence-electron chi connectivity index (χ0n) is 17.5. The fourth-order valence-corrected chi connectivity index (χ4v) is 4.42. The van der Waals surface area contributed by atoms with Crippen LogP contribution >= 0.6 is 0 Å². The second-order valence-electron chi connectivity index (χ2n) is 8.04. The Kier molecular flexibility index (Phi) is 5.46. The number of hydrogen-bond acceptors (Lipinski definition) is 6. The van der Waals surface area contributed by atoms with Gasteiger partial charge in [-0.05, 0) is 23.8 Å². The van der Waals surface area contributed by atoms with Gasteiger partial charge in [0.25, 0.3) is 5.91 Å². The van der Waals surface area contributed by atoms with Crippen LogP contribution in [-0.2, 0) is 9.53 Å². The van der Waals surface area contributed by atoms with E-state index in [0.717, 1.165) is 18.5 Å². The van der Waals surface area contributed by atoms with Crippen molar-refractivity contribution in [3.05, 3.63) is 77.5 Å². The van der Waals surface area contributed by atoms with Crippen molar-refractivity contribution < 1.29 is 28.7 Å². The highest BCUT2D eigenvalue weighted by Gasteiger charge is 2.45. The maximum atomic E-state index is 13.5. The van der Waals surface area contributed by atoms with Crippen LogP contribution in [0.3, 0.4) is 0 Å². The minimum Gasteiger partial charge on any atom is -0.503 e. The largest absolute Gasteiger partial charge is 0.503 e. The lowest BCUT2D eigenvalue weighted by Gasteiger charge is -2.29. The van der Waals surface area contributed by atoms with Crippen molar-refractivity contribution in [2.45, 2.75) is 6.04 Å². The molecule has 1 atom stereocenters.